The van der Waals surface area contributed by atoms with Crippen molar-refractivity contribution in [3.05, 3.63) is 36.5 Å². The molecule has 10 heteroatoms. The van der Waals surface area contributed by atoms with Gasteiger partial charge in [0.1, 0.15) is 6.61 Å². The molecule has 2 unspecified atom stereocenters. The van der Waals surface area contributed by atoms with Gasteiger partial charge >= 0.3 is 19.8 Å². The molecule has 0 bridgehead atoms. The molecule has 0 aliphatic carbocycles. The Bertz CT molecular complexity index is 892. The van der Waals surface area contributed by atoms with Crippen molar-refractivity contribution in [1.82, 2.24) is 0 Å². The second-order valence-electron chi connectivity index (χ2n) is 12.4. The second-order valence-corrected chi connectivity index (χ2v) is 13.9. The number of rotatable bonds is 35. The Labute approximate surface area is 293 Å². The van der Waals surface area contributed by atoms with E-state index < -0.39 is 32.5 Å². The number of allylic oxidation sites excluding steroid dienone is 6. The molecule has 0 aromatic heterocycles. The fourth-order valence-corrected chi connectivity index (χ4v) is 5.77. The Kier molecular flexibility index (Phi) is 33.8. The molecule has 2 atom stereocenters. The summed E-state index contributed by atoms with van der Waals surface area (Å²) in [6.45, 7) is 3.58. The van der Waals surface area contributed by atoms with Crippen LogP contribution in [0.25, 0.3) is 0 Å². The van der Waals surface area contributed by atoms with Gasteiger partial charge in [0.2, 0.25) is 0 Å². The zero-order valence-corrected chi connectivity index (χ0v) is 31.4. The van der Waals surface area contributed by atoms with E-state index >= 15 is 0 Å². The molecular formula is C38H70NO8P. The van der Waals surface area contributed by atoms with E-state index in [9.17, 15) is 19.0 Å². The fraction of sp³-hybridized carbons (Fsp3) is 0.789. The summed E-state index contributed by atoms with van der Waals surface area (Å²) in [5.74, 6) is -0.849. The van der Waals surface area contributed by atoms with E-state index in [4.69, 9.17) is 24.3 Å². The number of nitrogens with two attached hydrogens (primary N) is 1. The number of carbonyl (C=O) groups is 2. The van der Waals surface area contributed by atoms with E-state index in [0.29, 0.717) is 12.8 Å². The van der Waals surface area contributed by atoms with Gasteiger partial charge in [-0.3, -0.25) is 18.6 Å². The first kappa shape index (κ1) is 46.2. The highest BCUT2D eigenvalue weighted by molar-refractivity contribution is 7.47. The lowest BCUT2D eigenvalue weighted by Crippen LogP contribution is -2.29. The molecule has 0 saturated heterocycles. The monoisotopic (exact) mass is 699 g/mol. The Hall–Kier alpha value is -1.77. The standard InChI is InChI=1S/C38H70NO8P/c1-3-5-7-9-11-13-15-17-18-19-21-22-24-26-28-30-37(40)44-34-36(35-46-48(42,43)45-33-32-39)47-38(41)31-29-27-25-23-20-16-14-12-10-8-6-4-2/h5,7,11,13,17-18,36H,3-4,6,8-10,12,14-16,19-35,39H2,1-2H3,(H,42,43). The molecule has 0 radical (unpaired) electrons. The lowest BCUT2D eigenvalue weighted by Gasteiger charge is -2.19. The van der Waals surface area contributed by atoms with Crippen molar-refractivity contribution in [3.8, 4) is 0 Å². The zero-order valence-electron chi connectivity index (χ0n) is 30.5. The zero-order chi connectivity index (χ0) is 35.4. The molecule has 3 N–H and O–H groups in total. The van der Waals surface area contributed by atoms with E-state index in [0.717, 1.165) is 70.6 Å². The van der Waals surface area contributed by atoms with Crippen LogP contribution in [0.2, 0.25) is 0 Å². The Morgan fingerprint density at radius 3 is 1.71 bits per heavy atom. The van der Waals surface area contributed by atoms with Crippen molar-refractivity contribution >= 4 is 19.8 Å². The number of esters is 2. The van der Waals surface area contributed by atoms with Crippen LogP contribution in [0, 0.1) is 0 Å². The molecule has 0 rings (SSSR count). The van der Waals surface area contributed by atoms with Crippen LogP contribution in [0.15, 0.2) is 36.5 Å². The summed E-state index contributed by atoms with van der Waals surface area (Å²) in [5, 5.41) is 0. The quantitative estimate of drug-likeness (QED) is 0.0287. The molecule has 280 valence electrons. The molecule has 0 fully saturated rings. The van der Waals surface area contributed by atoms with Crippen LogP contribution < -0.4 is 5.73 Å². The molecule has 0 aromatic rings. The van der Waals surface area contributed by atoms with E-state index in [1.807, 2.05) is 0 Å². The SMILES string of the molecule is CCC=CCC=CCC=CCCCCCCCC(=O)OCC(COP(=O)(O)OCCN)OC(=O)CCCCCCCCCCCCCC. The van der Waals surface area contributed by atoms with Gasteiger partial charge in [0.15, 0.2) is 6.10 Å². The largest absolute Gasteiger partial charge is 0.472 e. The molecule has 0 aromatic carbocycles. The maximum absolute atomic E-state index is 12.5. The highest BCUT2D eigenvalue weighted by Gasteiger charge is 2.25. The van der Waals surface area contributed by atoms with Gasteiger partial charge in [0.25, 0.3) is 0 Å². The lowest BCUT2D eigenvalue weighted by molar-refractivity contribution is -0.161. The normalized spacial score (nSPS) is 13.8. The number of phosphoric acid groups is 1. The lowest BCUT2D eigenvalue weighted by atomic mass is 10.0. The maximum Gasteiger partial charge on any atom is 0.472 e. The van der Waals surface area contributed by atoms with Crippen LogP contribution in [0.5, 0.6) is 0 Å². The Morgan fingerprint density at radius 2 is 1.15 bits per heavy atom. The fourth-order valence-electron chi connectivity index (χ4n) is 5.00. The van der Waals surface area contributed by atoms with Crippen molar-refractivity contribution in [3.63, 3.8) is 0 Å². The number of carbonyl (C=O) groups excluding carboxylic acids is 2. The number of hydrogen-bond acceptors (Lipinski definition) is 8. The number of unbranched alkanes of at least 4 members (excludes halogenated alkanes) is 16. The number of ether oxygens (including phenoxy) is 2. The molecule has 0 aliphatic heterocycles. The summed E-state index contributed by atoms with van der Waals surface area (Å²) >= 11 is 0. The number of hydrogen-bond donors (Lipinski definition) is 2. The number of phosphoric ester groups is 1. The highest BCUT2D eigenvalue weighted by atomic mass is 31.2. The molecule has 0 heterocycles. The van der Waals surface area contributed by atoms with Crippen molar-refractivity contribution in [2.45, 2.75) is 168 Å². The molecule has 48 heavy (non-hydrogen) atoms. The minimum atomic E-state index is -4.37. The van der Waals surface area contributed by atoms with Gasteiger partial charge in [-0.2, -0.15) is 0 Å². The first-order valence-electron chi connectivity index (χ1n) is 19.0. The van der Waals surface area contributed by atoms with Crippen LogP contribution in [0.3, 0.4) is 0 Å². The van der Waals surface area contributed by atoms with Crippen molar-refractivity contribution in [1.29, 1.82) is 0 Å². The van der Waals surface area contributed by atoms with Crippen LogP contribution >= 0.6 is 7.82 Å². The Morgan fingerprint density at radius 1 is 0.646 bits per heavy atom. The van der Waals surface area contributed by atoms with E-state index in [1.54, 1.807) is 0 Å². The van der Waals surface area contributed by atoms with Gasteiger partial charge in [-0.25, -0.2) is 4.57 Å². The summed E-state index contributed by atoms with van der Waals surface area (Å²) in [6.07, 6.45) is 36.0. The summed E-state index contributed by atoms with van der Waals surface area (Å²) in [4.78, 5) is 34.7. The summed E-state index contributed by atoms with van der Waals surface area (Å²) in [6, 6.07) is 0. The maximum atomic E-state index is 12.5. The van der Waals surface area contributed by atoms with Gasteiger partial charge in [-0.15, -0.1) is 0 Å². The predicted molar refractivity (Wildman–Crippen MR) is 197 cm³/mol. The van der Waals surface area contributed by atoms with Crippen LogP contribution in [-0.4, -0.2) is 49.3 Å². The smallest absolute Gasteiger partial charge is 0.462 e. The molecular weight excluding hydrogens is 629 g/mol. The first-order valence-corrected chi connectivity index (χ1v) is 20.5. The predicted octanol–water partition coefficient (Wildman–Crippen LogP) is 10.2. The summed E-state index contributed by atoms with van der Waals surface area (Å²) in [5.41, 5.74) is 5.33. The van der Waals surface area contributed by atoms with Gasteiger partial charge in [-0.05, 0) is 44.9 Å². The molecule has 0 aliphatic rings. The van der Waals surface area contributed by atoms with E-state index in [1.165, 1.54) is 51.4 Å². The third-order valence-corrected chi connectivity index (χ3v) is 8.77. The van der Waals surface area contributed by atoms with Crippen LogP contribution in [0.1, 0.15) is 162 Å². The topological polar surface area (TPSA) is 134 Å². The summed E-state index contributed by atoms with van der Waals surface area (Å²) in [7, 11) is -4.37. The first-order chi connectivity index (χ1) is 23.3. The molecule has 0 amide bonds. The molecule has 0 saturated carbocycles. The summed E-state index contributed by atoms with van der Waals surface area (Å²) < 4.78 is 32.6. The molecule has 9 nitrogen and oxygen atoms in total. The Balaban J connectivity index is 4.24. The van der Waals surface area contributed by atoms with Gasteiger partial charge in [0, 0.05) is 19.4 Å². The average molecular weight is 700 g/mol. The van der Waals surface area contributed by atoms with Gasteiger partial charge in [0.05, 0.1) is 13.2 Å². The highest BCUT2D eigenvalue weighted by Crippen LogP contribution is 2.43. The van der Waals surface area contributed by atoms with Gasteiger partial charge in [-0.1, -0.05) is 140 Å². The van der Waals surface area contributed by atoms with E-state index in [2.05, 4.69) is 50.3 Å². The minimum Gasteiger partial charge on any atom is -0.462 e. The average Bonchev–Trinajstić information content (AvgIpc) is 3.07. The van der Waals surface area contributed by atoms with Gasteiger partial charge < -0.3 is 20.1 Å². The van der Waals surface area contributed by atoms with Crippen molar-refractivity contribution in [2.75, 3.05) is 26.4 Å². The van der Waals surface area contributed by atoms with Crippen molar-refractivity contribution < 1.29 is 37.6 Å². The van der Waals surface area contributed by atoms with E-state index in [-0.39, 0.29) is 32.6 Å². The third-order valence-electron chi connectivity index (χ3n) is 7.79. The molecule has 0 spiro atoms. The van der Waals surface area contributed by atoms with Crippen LogP contribution in [-0.2, 0) is 32.7 Å². The third kappa shape index (κ3) is 34.1. The minimum absolute atomic E-state index is 0.0511. The van der Waals surface area contributed by atoms with Crippen LogP contribution in [0.4, 0.5) is 0 Å². The van der Waals surface area contributed by atoms with Crippen molar-refractivity contribution in [2.24, 2.45) is 5.73 Å². The second kappa shape index (κ2) is 35.1.